The fourth-order valence-electron chi connectivity index (χ4n) is 3.75. The second-order valence-electron chi connectivity index (χ2n) is 7.45. The van der Waals surface area contributed by atoms with Gasteiger partial charge >= 0.3 is 5.97 Å². The third-order valence-corrected chi connectivity index (χ3v) is 6.35. The van der Waals surface area contributed by atoms with Crippen LogP contribution in [0.5, 0.6) is 0 Å². The minimum Gasteiger partial charge on any atom is -0.478 e. The maximum absolute atomic E-state index is 13.0. The highest BCUT2D eigenvalue weighted by molar-refractivity contribution is 7.18. The molecule has 2 heterocycles. The number of hydrogen-bond donors (Lipinski definition) is 2. The van der Waals surface area contributed by atoms with Crippen LogP contribution in [0.4, 0.5) is 0 Å². The second-order valence-corrected chi connectivity index (χ2v) is 8.56. The lowest BCUT2D eigenvalue weighted by molar-refractivity contribution is 0.0696. The zero-order valence-corrected chi connectivity index (χ0v) is 17.8. The van der Waals surface area contributed by atoms with E-state index in [0.29, 0.717) is 18.7 Å². The number of hydrogen-bond acceptors (Lipinski definition) is 4. The van der Waals surface area contributed by atoms with Gasteiger partial charge in [0, 0.05) is 18.1 Å². The number of amides is 1. The summed E-state index contributed by atoms with van der Waals surface area (Å²) in [6, 6.07) is 22.2. The molecule has 0 aliphatic heterocycles. The van der Waals surface area contributed by atoms with Gasteiger partial charge in [0.2, 0.25) is 0 Å². The van der Waals surface area contributed by atoms with E-state index in [1.54, 1.807) is 23.5 Å². The first-order valence-electron chi connectivity index (χ1n) is 10.1. The number of nitrogens with one attached hydrogen (secondary N) is 1. The SMILES string of the molecule is O=C(O)c1ccc(CNC(=O)c2cccc3ccn(Cc4nc5ccccc5s4)c23)cc1. The minimum atomic E-state index is -0.971. The van der Waals surface area contributed by atoms with Crippen molar-refractivity contribution in [3.8, 4) is 0 Å². The molecule has 0 spiro atoms. The topological polar surface area (TPSA) is 84.2 Å². The van der Waals surface area contributed by atoms with Crippen molar-refractivity contribution in [3.63, 3.8) is 0 Å². The standard InChI is InChI=1S/C25H19N3O3S/c29-24(26-14-16-8-10-18(11-9-16)25(30)31)19-5-3-4-17-12-13-28(23(17)19)15-22-27-20-6-1-2-7-21(20)32-22/h1-13H,14-15H2,(H,26,29)(H,30,31). The Hall–Kier alpha value is -3.97. The van der Waals surface area contributed by atoms with Crippen LogP contribution in [-0.2, 0) is 13.1 Å². The molecule has 2 N–H and O–H groups in total. The molecule has 0 aliphatic carbocycles. The lowest BCUT2D eigenvalue weighted by atomic mass is 10.1. The lowest BCUT2D eigenvalue weighted by Gasteiger charge is -2.10. The van der Waals surface area contributed by atoms with Gasteiger partial charge in [0.15, 0.2) is 0 Å². The molecule has 1 amide bonds. The zero-order valence-electron chi connectivity index (χ0n) is 17.0. The number of aromatic carboxylic acids is 1. The lowest BCUT2D eigenvalue weighted by Crippen LogP contribution is -2.23. The van der Waals surface area contributed by atoms with E-state index in [1.807, 2.05) is 48.7 Å². The molecule has 0 saturated heterocycles. The average molecular weight is 442 g/mol. The van der Waals surface area contributed by atoms with Crippen molar-refractivity contribution in [1.82, 2.24) is 14.9 Å². The Labute approximate surface area is 187 Å². The van der Waals surface area contributed by atoms with Crippen LogP contribution in [0, 0.1) is 0 Å². The number of fused-ring (bicyclic) bond motifs is 2. The Morgan fingerprint density at radius 1 is 0.969 bits per heavy atom. The van der Waals surface area contributed by atoms with E-state index in [2.05, 4.69) is 16.0 Å². The number of carbonyl (C=O) groups excluding carboxylic acids is 1. The third-order valence-electron chi connectivity index (χ3n) is 5.33. The smallest absolute Gasteiger partial charge is 0.335 e. The van der Waals surface area contributed by atoms with Crippen LogP contribution in [-0.4, -0.2) is 26.5 Å². The summed E-state index contributed by atoms with van der Waals surface area (Å²) in [6.07, 6.45) is 1.98. The summed E-state index contributed by atoms with van der Waals surface area (Å²) < 4.78 is 3.20. The molecular formula is C25H19N3O3S. The highest BCUT2D eigenvalue weighted by atomic mass is 32.1. The van der Waals surface area contributed by atoms with Gasteiger partial charge in [-0.25, -0.2) is 9.78 Å². The predicted octanol–water partition coefficient (Wildman–Crippen LogP) is 4.93. The summed E-state index contributed by atoms with van der Waals surface area (Å²) >= 11 is 1.65. The van der Waals surface area contributed by atoms with Crippen molar-refractivity contribution < 1.29 is 14.7 Å². The number of aromatic nitrogens is 2. The van der Waals surface area contributed by atoms with E-state index in [0.717, 1.165) is 31.7 Å². The molecule has 32 heavy (non-hydrogen) atoms. The first-order chi connectivity index (χ1) is 15.6. The quantitative estimate of drug-likeness (QED) is 0.391. The molecule has 3 aromatic carbocycles. The summed E-state index contributed by atoms with van der Waals surface area (Å²) in [4.78, 5) is 28.7. The average Bonchev–Trinajstić information content (AvgIpc) is 3.41. The first kappa shape index (κ1) is 20.0. The van der Waals surface area contributed by atoms with Gasteiger partial charge in [0.1, 0.15) is 5.01 Å². The van der Waals surface area contributed by atoms with Gasteiger partial charge in [0.25, 0.3) is 5.91 Å². The van der Waals surface area contributed by atoms with Crippen LogP contribution in [0.1, 0.15) is 31.3 Å². The van der Waals surface area contributed by atoms with Gasteiger partial charge in [-0.15, -0.1) is 11.3 Å². The monoisotopic (exact) mass is 441 g/mol. The fraction of sp³-hybridized carbons (Fsp3) is 0.0800. The van der Waals surface area contributed by atoms with Crippen molar-refractivity contribution in [2.45, 2.75) is 13.1 Å². The summed E-state index contributed by atoms with van der Waals surface area (Å²) in [6.45, 7) is 0.900. The van der Waals surface area contributed by atoms with Crippen molar-refractivity contribution in [1.29, 1.82) is 0 Å². The molecule has 5 rings (SSSR count). The zero-order chi connectivity index (χ0) is 22.1. The van der Waals surface area contributed by atoms with E-state index >= 15 is 0 Å². The molecule has 0 aliphatic rings. The van der Waals surface area contributed by atoms with E-state index < -0.39 is 5.97 Å². The van der Waals surface area contributed by atoms with Crippen molar-refractivity contribution >= 4 is 44.3 Å². The highest BCUT2D eigenvalue weighted by Crippen LogP contribution is 2.26. The number of benzene rings is 3. The van der Waals surface area contributed by atoms with Gasteiger partial charge in [-0.3, -0.25) is 4.79 Å². The van der Waals surface area contributed by atoms with Crippen LogP contribution in [0.25, 0.3) is 21.1 Å². The maximum Gasteiger partial charge on any atom is 0.335 e. The highest BCUT2D eigenvalue weighted by Gasteiger charge is 2.15. The van der Waals surface area contributed by atoms with E-state index in [4.69, 9.17) is 10.1 Å². The normalized spacial score (nSPS) is 11.1. The Kier molecular flexibility index (Phi) is 5.17. The molecule has 7 heteroatoms. The van der Waals surface area contributed by atoms with Crippen molar-refractivity contribution in [3.05, 3.63) is 101 Å². The maximum atomic E-state index is 13.0. The molecule has 2 aromatic heterocycles. The summed E-state index contributed by atoms with van der Waals surface area (Å²) in [5.74, 6) is -1.15. The summed E-state index contributed by atoms with van der Waals surface area (Å²) in [5.41, 5.74) is 3.50. The Balaban J connectivity index is 1.39. The number of rotatable bonds is 6. The molecule has 0 atom stereocenters. The van der Waals surface area contributed by atoms with E-state index in [-0.39, 0.29) is 11.5 Å². The number of carboxylic acid groups (broad SMARTS) is 1. The first-order valence-corrected chi connectivity index (χ1v) is 10.9. The summed E-state index contributed by atoms with van der Waals surface area (Å²) in [7, 11) is 0. The Morgan fingerprint density at radius 2 is 1.78 bits per heavy atom. The largest absolute Gasteiger partial charge is 0.478 e. The number of thiazole rings is 1. The van der Waals surface area contributed by atoms with Crippen LogP contribution >= 0.6 is 11.3 Å². The van der Waals surface area contributed by atoms with Gasteiger partial charge in [0.05, 0.1) is 33.4 Å². The van der Waals surface area contributed by atoms with Gasteiger partial charge in [-0.1, -0.05) is 36.4 Å². The Bertz CT molecular complexity index is 1420. The number of para-hydroxylation sites is 2. The van der Waals surface area contributed by atoms with Gasteiger partial charge in [-0.05, 0) is 42.0 Å². The number of carboxylic acids is 1. The molecule has 0 unspecified atom stereocenters. The third kappa shape index (κ3) is 3.86. The fourth-order valence-corrected chi connectivity index (χ4v) is 4.72. The predicted molar refractivity (Wildman–Crippen MR) is 125 cm³/mol. The molecule has 6 nitrogen and oxygen atoms in total. The molecule has 0 radical (unpaired) electrons. The molecule has 0 fully saturated rings. The van der Waals surface area contributed by atoms with Gasteiger partial charge < -0.3 is 15.0 Å². The Morgan fingerprint density at radius 3 is 2.56 bits per heavy atom. The van der Waals surface area contributed by atoms with E-state index in [1.165, 1.54) is 12.1 Å². The minimum absolute atomic E-state index is 0.179. The van der Waals surface area contributed by atoms with Crippen LogP contribution in [0.2, 0.25) is 0 Å². The second kappa shape index (κ2) is 8.28. The number of carbonyl (C=O) groups is 2. The molecule has 0 bridgehead atoms. The molecule has 0 saturated carbocycles. The van der Waals surface area contributed by atoms with Gasteiger partial charge in [-0.2, -0.15) is 0 Å². The van der Waals surface area contributed by atoms with Crippen LogP contribution in [0.15, 0.2) is 79.0 Å². The molecule has 158 valence electrons. The number of nitrogens with zero attached hydrogens (tertiary/aromatic N) is 2. The molecule has 5 aromatic rings. The van der Waals surface area contributed by atoms with Crippen LogP contribution in [0.3, 0.4) is 0 Å². The van der Waals surface area contributed by atoms with Crippen molar-refractivity contribution in [2.75, 3.05) is 0 Å². The molecular weight excluding hydrogens is 422 g/mol. The van der Waals surface area contributed by atoms with Crippen molar-refractivity contribution in [2.24, 2.45) is 0 Å². The van der Waals surface area contributed by atoms with E-state index in [9.17, 15) is 9.59 Å². The van der Waals surface area contributed by atoms with Crippen LogP contribution < -0.4 is 5.32 Å². The summed E-state index contributed by atoms with van der Waals surface area (Å²) in [5, 5.41) is 13.9.